The Labute approximate surface area is 164 Å². The Balaban J connectivity index is 1.92. The lowest BCUT2D eigenvalue weighted by Gasteiger charge is -2.39. The highest BCUT2D eigenvalue weighted by atomic mass is 16.4. The minimum atomic E-state index is -0.969. The molecule has 0 amide bonds. The summed E-state index contributed by atoms with van der Waals surface area (Å²) in [6, 6.07) is 6.44. The molecule has 0 bridgehead atoms. The van der Waals surface area contributed by atoms with E-state index >= 15 is 0 Å². The van der Waals surface area contributed by atoms with E-state index in [2.05, 4.69) is 37.8 Å². The van der Waals surface area contributed by atoms with Crippen molar-refractivity contribution in [2.24, 2.45) is 5.16 Å². The van der Waals surface area contributed by atoms with Gasteiger partial charge in [-0.1, -0.05) is 51.1 Å². The van der Waals surface area contributed by atoms with Crippen LogP contribution in [0.3, 0.4) is 0 Å². The van der Waals surface area contributed by atoms with Crippen molar-refractivity contribution in [2.75, 3.05) is 0 Å². The second kappa shape index (κ2) is 7.19. The minimum Gasteiger partial charge on any atom is -0.478 e. The Morgan fingerprint density at radius 3 is 2.25 bits per heavy atom. The van der Waals surface area contributed by atoms with E-state index in [0.29, 0.717) is 11.4 Å². The van der Waals surface area contributed by atoms with Gasteiger partial charge in [0.25, 0.3) is 0 Å². The number of oxime groups is 1. The van der Waals surface area contributed by atoms with Crippen LogP contribution in [0, 0.1) is 0 Å². The summed E-state index contributed by atoms with van der Waals surface area (Å²) in [6.45, 7) is 8.68. The van der Waals surface area contributed by atoms with E-state index in [4.69, 9.17) is 10.1 Å². The number of carboxylic acid groups (broad SMARTS) is 1. The van der Waals surface area contributed by atoms with E-state index < -0.39 is 5.97 Å². The minimum absolute atomic E-state index is 0.0331. The molecule has 0 spiro atoms. The van der Waals surface area contributed by atoms with E-state index in [1.54, 1.807) is 30.5 Å². The zero-order chi connectivity index (χ0) is 20.5. The third-order valence-corrected chi connectivity index (χ3v) is 5.39. The van der Waals surface area contributed by atoms with Crippen molar-refractivity contribution in [3.63, 3.8) is 0 Å². The molecule has 0 radical (unpaired) electrons. The molecule has 1 aliphatic rings. The number of aromatic carboxylic acids is 1. The van der Waals surface area contributed by atoms with Gasteiger partial charge >= 0.3 is 5.97 Å². The summed E-state index contributed by atoms with van der Waals surface area (Å²) in [6.07, 6.45) is 7.11. The van der Waals surface area contributed by atoms with Gasteiger partial charge in [0.2, 0.25) is 0 Å². The third kappa shape index (κ3) is 3.81. The van der Waals surface area contributed by atoms with Gasteiger partial charge in [0.05, 0.1) is 23.1 Å². The summed E-state index contributed by atoms with van der Waals surface area (Å²) in [5, 5.41) is 21.9. The Bertz CT molecular complexity index is 957. The number of nitrogens with zero attached hydrogens (tertiary/aromatic N) is 3. The maximum absolute atomic E-state index is 10.9. The van der Waals surface area contributed by atoms with Gasteiger partial charge in [-0.05, 0) is 36.6 Å². The van der Waals surface area contributed by atoms with Gasteiger partial charge in [-0.15, -0.1) is 0 Å². The van der Waals surface area contributed by atoms with Gasteiger partial charge in [-0.25, -0.2) is 9.78 Å². The Morgan fingerprint density at radius 1 is 1.07 bits per heavy atom. The van der Waals surface area contributed by atoms with Crippen LogP contribution in [0.5, 0.6) is 0 Å². The summed E-state index contributed by atoms with van der Waals surface area (Å²) in [4.78, 5) is 20.4. The van der Waals surface area contributed by atoms with Gasteiger partial charge in [0.1, 0.15) is 11.4 Å². The smallest absolute Gasteiger partial charge is 0.335 e. The number of hydrogen-bond donors (Lipinski definition) is 2. The highest BCUT2D eigenvalue weighted by molar-refractivity contribution is 6.09. The van der Waals surface area contributed by atoms with Crippen molar-refractivity contribution < 1.29 is 15.1 Å². The van der Waals surface area contributed by atoms with Crippen molar-refractivity contribution in [1.82, 2.24) is 9.97 Å². The lowest BCUT2D eigenvalue weighted by Crippen LogP contribution is -2.36. The predicted molar refractivity (Wildman–Crippen MR) is 108 cm³/mol. The molecular formula is C22H25N3O3. The summed E-state index contributed by atoms with van der Waals surface area (Å²) in [5.41, 5.74) is 3.64. The first-order valence-electron chi connectivity index (χ1n) is 9.26. The Kier molecular flexibility index (Phi) is 5.06. The van der Waals surface area contributed by atoms with Crippen molar-refractivity contribution >= 4 is 17.8 Å². The topological polar surface area (TPSA) is 95.7 Å². The fourth-order valence-electron chi connectivity index (χ4n) is 3.42. The van der Waals surface area contributed by atoms with E-state index in [1.165, 1.54) is 12.1 Å². The number of rotatable bonds is 4. The van der Waals surface area contributed by atoms with Crippen molar-refractivity contribution in [2.45, 2.75) is 51.4 Å². The molecule has 6 heteroatoms. The van der Waals surface area contributed by atoms with Crippen LogP contribution in [-0.4, -0.2) is 32.0 Å². The molecule has 28 heavy (non-hydrogen) atoms. The number of aromatic nitrogens is 2. The molecule has 1 aromatic heterocycles. The van der Waals surface area contributed by atoms with Crippen molar-refractivity contribution in [3.05, 3.63) is 64.7 Å². The van der Waals surface area contributed by atoms with Crippen LogP contribution in [0.25, 0.3) is 6.08 Å². The third-order valence-electron chi connectivity index (χ3n) is 5.39. The molecular weight excluding hydrogens is 354 g/mol. The average Bonchev–Trinajstić information content (AvgIpc) is 2.66. The maximum Gasteiger partial charge on any atom is 0.335 e. The first-order valence-corrected chi connectivity index (χ1v) is 9.26. The molecule has 6 nitrogen and oxygen atoms in total. The molecule has 1 aliphatic carbocycles. The molecule has 2 N–H and O–H groups in total. The molecule has 0 unspecified atom stereocenters. The second-order valence-corrected chi connectivity index (χ2v) is 8.47. The first-order chi connectivity index (χ1) is 13.1. The molecule has 2 aromatic rings. The van der Waals surface area contributed by atoms with Gasteiger partial charge in [-0.3, -0.25) is 4.98 Å². The molecule has 146 valence electrons. The summed E-state index contributed by atoms with van der Waals surface area (Å²) >= 11 is 0. The molecule has 0 atom stereocenters. The highest BCUT2D eigenvalue weighted by Crippen LogP contribution is 2.43. The normalized spacial score (nSPS) is 18.1. The highest BCUT2D eigenvalue weighted by Gasteiger charge is 2.39. The molecule has 0 saturated carbocycles. The second-order valence-electron chi connectivity index (χ2n) is 8.47. The van der Waals surface area contributed by atoms with Gasteiger partial charge < -0.3 is 10.3 Å². The first kappa shape index (κ1) is 19.7. The lowest BCUT2D eigenvalue weighted by molar-refractivity contribution is 0.0697. The van der Waals surface area contributed by atoms with Crippen LogP contribution in [-0.2, 0) is 10.8 Å². The van der Waals surface area contributed by atoms with Crippen LogP contribution in [0.2, 0.25) is 0 Å². The lowest BCUT2D eigenvalue weighted by atomic mass is 9.67. The van der Waals surface area contributed by atoms with Crippen molar-refractivity contribution in [3.8, 4) is 0 Å². The zero-order valence-corrected chi connectivity index (χ0v) is 16.6. The summed E-state index contributed by atoms with van der Waals surface area (Å²) < 4.78 is 0. The number of fused-ring (bicyclic) bond motifs is 1. The van der Waals surface area contributed by atoms with Crippen molar-refractivity contribution in [1.29, 1.82) is 0 Å². The van der Waals surface area contributed by atoms with E-state index in [1.807, 2.05) is 0 Å². The van der Waals surface area contributed by atoms with Crippen LogP contribution in [0.1, 0.15) is 73.5 Å². The molecule has 1 aromatic carbocycles. The summed E-state index contributed by atoms with van der Waals surface area (Å²) in [7, 11) is 0. The monoisotopic (exact) mass is 379 g/mol. The van der Waals surface area contributed by atoms with Gasteiger partial charge in [0, 0.05) is 10.8 Å². The van der Waals surface area contributed by atoms with E-state index in [0.717, 1.165) is 29.8 Å². The molecule has 0 fully saturated rings. The number of carboxylic acids is 1. The van der Waals surface area contributed by atoms with Gasteiger partial charge in [-0.2, -0.15) is 0 Å². The van der Waals surface area contributed by atoms with Crippen LogP contribution >= 0.6 is 0 Å². The van der Waals surface area contributed by atoms with Crippen LogP contribution < -0.4 is 0 Å². The Hall–Kier alpha value is -3.02. The predicted octanol–water partition coefficient (Wildman–Crippen LogP) is 4.42. The fraction of sp³-hybridized carbons (Fsp3) is 0.364. The average molecular weight is 379 g/mol. The standard InChI is InChI=1S/C22H25N3O3/c1-21(2)11-12-22(3,4)19-18(21)23-13-17(24-19)16(25-28)10-7-14-5-8-15(9-6-14)20(26)27/h5-10,13,28H,11-12H2,1-4H3,(H,26,27)/b10-7-,25-16-. The molecule has 0 aliphatic heterocycles. The SMILES string of the molecule is CC1(C)CCC(C)(C)c2nc(C(/C=C\c3ccc(C(=O)O)cc3)=N\O)cnc21. The van der Waals surface area contributed by atoms with E-state index in [-0.39, 0.29) is 16.4 Å². The zero-order valence-electron chi connectivity index (χ0n) is 16.6. The van der Waals surface area contributed by atoms with Crippen LogP contribution in [0.15, 0.2) is 41.7 Å². The number of allylic oxidation sites excluding steroid dienone is 1. The largest absolute Gasteiger partial charge is 0.478 e. The fourth-order valence-corrected chi connectivity index (χ4v) is 3.42. The number of carbonyl (C=O) groups is 1. The molecule has 0 saturated heterocycles. The molecule has 3 rings (SSSR count). The van der Waals surface area contributed by atoms with Crippen LogP contribution in [0.4, 0.5) is 0 Å². The quantitative estimate of drug-likeness (QED) is 0.466. The van der Waals surface area contributed by atoms with E-state index in [9.17, 15) is 10.0 Å². The molecule has 1 heterocycles. The Morgan fingerprint density at radius 2 is 1.68 bits per heavy atom. The summed E-state index contributed by atoms with van der Waals surface area (Å²) in [5.74, 6) is -0.969. The maximum atomic E-state index is 10.9. The number of hydrogen-bond acceptors (Lipinski definition) is 5. The number of benzene rings is 1. The van der Waals surface area contributed by atoms with Gasteiger partial charge in [0.15, 0.2) is 0 Å².